The summed E-state index contributed by atoms with van der Waals surface area (Å²) >= 11 is 0. The number of hydrogen-bond donors (Lipinski definition) is 1. The van der Waals surface area contributed by atoms with Crippen LogP contribution in [0.15, 0.2) is 54.6 Å². The maximum absolute atomic E-state index is 12.7. The molecule has 0 spiro atoms. The Morgan fingerprint density at radius 2 is 1.65 bits per heavy atom. The first kappa shape index (κ1) is 27.0. The molecule has 0 radical (unpaired) electrons. The molecule has 2 aromatic carbocycles. The maximum atomic E-state index is 12.7. The van der Waals surface area contributed by atoms with E-state index in [0.29, 0.717) is 25.5 Å². The molecule has 0 bridgehead atoms. The Hall–Kier alpha value is -3.02. The number of carbonyl (C=O) groups excluding carboxylic acids is 2. The number of benzene rings is 2. The Labute approximate surface area is 222 Å². The topological polar surface area (TPSA) is 75.9 Å². The Kier molecular flexibility index (Phi) is 9.86. The summed E-state index contributed by atoms with van der Waals surface area (Å²) in [5, 5.41) is 0. The molecule has 1 aliphatic carbocycles. The van der Waals surface area contributed by atoms with E-state index in [0.717, 1.165) is 49.7 Å². The zero-order valence-corrected chi connectivity index (χ0v) is 22.3. The number of piperidine rings is 1. The van der Waals surface area contributed by atoms with E-state index in [1.807, 2.05) is 23.1 Å². The maximum Gasteiger partial charge on any atom is 0.222 e. The number of nitrogens with zero attached hydrogens (tertiary/aromatic N) is 2. The van der Waals surface area contributed by atoms with Gasteiger partial charge < -0.3 is 20.3 Å². The van der Waals surface area contributed by atoms with Crippen LogP contribution < -0.4 is 15.4 Å². The summed E-state index contributed by atoms with van der Waals surface area (Å²) < 4.78 is 6.03. The van der Waals surface area contributed by atoms with Crippen LogP contribution in [0.4, 0.5) is 5.69 Å². The molecule has 2 aromatic rings. The quantitative estimate of drug-likeness (QED) is 0.435. The lowest BCUT2D eigenvalue weighted by molar-refractivity contribution is -0.132. The molecule has 1 atom stereocenters. The minimum Gasteiger partial charge on any atom is -0.489 e. The molecule has 1 saturated heterocycles. The van der Waals surface area contributed by atoms with E-state index in [4.69, 9.17) is 10.5 Å². The fourth-order valence-electron chi connectivity index (χ4n) is 5.66. The Morgan fingerprint density at radius 3 is 2.30 bits per heavy atom. The lowest BCUT2D eigenvalue weighted by Gasteiger charge is -2.42. The molecule has 1 heterocycles. The van der Waals surface area contributed by atoms with E-state index in [-0.39, 0.29) is 17.7 Å². The highest BCUT2D eigenvalue weighted by Gasteiger charge is 2.29. The molecule has 0 aromatic heterocycles. The van der Waals surface area contributed by atoms with Crippen molar-refractivity contribution in [1.29, 1.82) is 0 Å². The second kappa shape index (κ2) is 13.5. The summed E-state index contributed by atoms with van der Waals surface area (Å²) in [6.45, 7) is 4.99. The molecule has 6 heteroatoms. The molecule has 2 amide bonds. The van der Waals surface area contributed by atoms with Gasteiger partial charge in [-0.05, 0) is 67.9 Å². The van der Waals surface area contributed by atoms with Gasteiger partial charge in [-0.15, -0.1) is 0 Å². The Bertz CT molecular complexity index is 981. The Morgan fingerprint density at radius 1 is 0.973 bits per heavy atom. The molecule has 2 fully saturated rings. The lowest BCUT2D eigenvalue weighted by atomic mass is 9.88. The number of rotatable bonds is 11. The van der Waals surface area contributed by atoms with Crippen LogP contribution in [0, 0.1) is 11.8 Å². The van der Waals surface area contributed by atoms with E-state index in [9.17, 15) is 9.59 Å². The summed E-state index contributed by atoms with van der Waals surface area (Å²) in [5.41, 5.74) is 7.77. The van der Waals surface area contributed by atoms with Crippen molar-refractivity contribution in [2.24, 2.45) is 17.6 Å². The van der Waals surface area contributed by atoms with Gasteiger partial charge in [-0.1, -0.05) is 56.5 Å². The van der Waals surface area contributed by atoms with Crippen molar-refractivity contribution >= 4 is 17.5 Å². The van der Waals surface area contributed by atoms with Crippen LogP contribution in [0.5, 0.6) is 5.75 Å². The van der Waals surface area contributed by atoms with Crippen LogP contribution in [0.2, 0.25) is 0 Å². The number of hydrogen-bond acceptors (Lipinski definition) is 4. The third-order valence-electron chi connectivity index (χ3n) is 8.13. The molecule has 4 rings (SSSR count). The molecule has 1 saturated carbocycles. The largest absolute Gasteiger partial charge is 0.489 e. The van der Waals surface area contributed by atoms with Gasteiger partial charge in [-0.25, -0.2) is 0 Å². The van der Waals surface area contributed by atoms with Crippen LogP contribution in [-0.2, 0) is 16.2 Å². The molecule has 6 nitrogen and oxygen atoms in total. The van der Waals surface area contributed by atoms with Crippen LogP contribution >= 0.6 is 0 Å². The number of carbonyl (C=O) groups is 2. The first-order valence-electron chi connectivity index (χ1n) is 14.1. The third kappa shape index (κ3) is 7.98. The third-order valence-corrected chi connectivity index (χ3v) is 8.13. The Balaban J connectivity index is 1.37. The molecular formula is C31H43N3O3. The predicted octanol–water partition coefficient (Wildman–Crippen LogP) is 5.54. The molecule has 2 aliphatic rings. The zero-order valence-electron chi connectivity index (χ0n) is 22.3. The molecular weight excluding hydrogens is 462 g/mol. The van der Waals surface area contributed by atoms with Gasteiger partial charge in [-0.3, -0.25) is 9.59 Å². The van der Waals surface area contributed by atoms with Gasteiger partial charge in [0.25, 0.3) is 0 Å². The number of primary amides is 1. The van der Waals surface area contributed by atoms with E-state index >= 15 is 0 Å². The SMILES string of the molecule is CC(CCC(=O)N1CCC(N(CC2CCCCC2)c2ccc(OCc3ccccc3)cc2)CC1)C(N)=O. The van der Waals surface area contributed by atoms with Gasteiger partial charge in [0, 0.05) is 43.7 Å². The highest BCUT2D eigenvalue weighted by molar-refractivity contribution is 5.79. The highest BCUT2D eigenvalue weighted by Crippen LogP contribution is 2.31. The summed E-state index contributed by atoms with van der Waals surface area (Å²) in [4.78, 5) is 28.6. The molecule has 37 heavy (non-hydrogen) atoms. The van der Waals surface area contributed by atoms with Gasteiger partial charge in [-0.2, -0.15) is 0 Å². The second-order valence-corrected chi connectivity index (χ2v) is 10.9. The summed E-state index contributed by atoms with van der Waals surface area (Å²) in [5.74, 6) is 1.17. The van der Waals surface area contributed by atoms with Gasteiger partial charge in [0.05, 0.1) is 0 Å². The number of nitrogens with two attached hydrogens (primary N) is 1. The number of anilines is 1. The molecule has 2 N–H and O–H groups in total. The van der Waals surface area contributed by atoms with Crippen LogP contribution in [-0.4, -0.2) is 42.4 Å². The predicted molar refractivity (Wildman–Crippen MR) is 148 cm³/mol. The van der Waals surface area contributed by atoms with Crippen molar-refractivity contribution in [3.05, 3.63) is 60.2 Å². The van der Waals surface area contributed by atoms with E-state index in [2.05, 4.69) is 41.3 Å². The zero-order chi connectivity index (χ0) is 26.0. The fraction of sp³-hybridized carbons (Fsp3) is 0.548. The van der Waals surface area contributed by atoms with Crippen LogP contribution in [0.25, 0.3) is 0 Å². The van der Waals surface area contributed by atoms with Crippen molar-refractivity contribution in [2.75, 3.05) is 24.5 Å². The van der Waals surface area contributed by atoms with Crippen LogP contribution in [0.3, 0.4) is 0 Å². The number of likely N-dealkylation sites (tertiary alicyclic amines) is 1. The van der Waals surface area contributed by atoms with Gasteiger partial charge >= 0.3 is 0 Å². The van der Waals surface area contributed by atoms with Gasteiger partial charge in [0.15, 0.2) is 0 Å². The summed E-state index contributed by atoms with van der Waals surface area (Å²) in [7, 11) is 0. The lowest BCUT2D eigenvalue weighted by Crippen LogP contribution is -2.48. The summed E-state index contributed by atoms with van der Waals surface area (Å²) in [6.07, 6.45) is 9.51. The van der Waals surface area contributed by atoms with Crippen molar-refractivity contribution in [1.82, 2.24) is 4.90 Å². The van der Waals surface area contributed by atoms with Crippen molar-refractivity contribution in [3.8, 4) is 5.75 Å². The highest BCUT2D eigenvalue weighted by atomic mass is 16.5. The second-order valence-electron chi connectivity index (χ2n) is 10.9. The first-order chi connectivity index (χ1) is 18.0. The fourth-order valence-corrected chi connectivity index (χ4v) is 5.66. The minimum absolute atomic E-state index is 0.144. The first-order valence-corrected chi connectivity index (χ1v) is 14.1. The van der Waals surface area contributed by atoms with Gasteiger partial charge in [0.1, 0.15) is 12.4 Å². The minimum atomic E-state index is -0.332. The summed E-state index contributed by atoms with van der Waals surface area (Å²) in [6, 6.07) is 19.2. The number of ether oxygens (including phenoxy) is 1. The average molecular weight is 506 g/mol. The molecule has 1 aliphatic heterocycles. The monoisotopic (exact) mass is 505 g/mol. The van der Waals surface area contributed by atoms with E-state index in [1.165, 1.54) is 37.8 Å². The van der Waals surface area contributed by atoms with Crippen molar-refractivity contribution in [2.45, 2.75) is 77.4 Å². The standard InChI is InChI=1S/C31H43N3O3/c1-24(31(32)36)12-17-30(35)33-20-18-28(19-21-33)34(22-25-8-4-2-5-9-25)27-13-15-29(16-14-27)37-23-26-10-6-3-7-11-26/h3,6-7,10-11,13-16,24-25,28H,2,4-5,8-9,12,17-23H2,1H3,(H2,32,36). The van der Waals surface area contributed by atoms with E-state index in [1.54, 1.807) is 6.92 Å². The average Bonchev–Trinajstić information content (AvgIpc) is 2.95. The van der Waals surface area contributed by atoms with E-state index < -0.39 is 0 Å². The molecule has 200 valence electrons. The van der Waals surface area contributed by atoms with Crippen molar-refractivity contribution in [3.63, 3.8) is 0 Å². The van der Waals surface area contributed by atoms with Crippen LogP contribution in [0.1, 0.15) is 70.3 Å². The number of amides is 2. The van der Waals surface area contributed by atoms with Gasteiger partial charge in [0.2, 0.25) is 11.8 Å². The van der Waals surface area contributed by atoms with Crippen molar-refractivity contribution < 1.29 is 14.3 Å². The molecule has 1 unspecified atom stereocenters. The normalized spacial score (nSPS) is 17.8. The smallest absolute Gasteiger partial charge is 0.222 e.